The Morgan fingerprint density at radius 3 is 2.54 bits per heavy atom. The first-order valence-corrected chi connectivity index (χ1v) is 9.24. The number of nitrogens with two attached hydrogens (primary N) is 1. The maximum Gasteiger partial charge on any atom is 0.408 e. The Balaban J connectivity index is 2.61. The van der Waals surface area contributed by atoms with E-state index in [0.29, 0.717) is 4.90 Å². The van der Waals surface area contributed by atoms with Crippen molar-refractivity contribution in [2.45, 2.75) is 37.3 Å². The first-order valence-electron chi connectivity index (χ1n) is 6.92. The Morgan fingerprint density at radius 1 is 1.38 bits per heavy atom. The van der Waals surface area contributed by atoms with Gasteiger partial charge >= 0.3 is 6.09 Å². The molecule has 24 heavy (non-hydrogen) atoms. The second kappa shape index (κ2) is 8.78. The van der Waals surface area contributed by atoms with E-state index in [1.165, 1.54) is 16.9 Å². The van der Waals surface area contributed by atoms with E-state index < -0.39 is 28.6 Å². The summed E-state index contributed by atoms with van der Waals surface area (Å²) in [4.78, 5) is 34.1. The summed E-state index contributed by atoms with van der Waals surface area (Å²) in [7, 11) is 2.31. The molecule has 0 heterocycles. The van der Waals surface area contributed by atoms with Crippen LogP contribution in [0.1, 0.15) is 20.8 Å². The molecule has 1 rings (SSSR count). The maximum atomic E-state index is 11.7. The summed E-state index contributed by atoms with van der Waals surface area (Å²) in [6.45, 7) is 5.10. The van der Waals surface area contributed by atoms with Crippen molar-refractivity contribution < 1.29 is 19.2 Å². The van der Waals surface area contributed by atoms with E-state index in [4.69, 9.17) is 10.5 Å². The van der Waals surface area contributed by atoms with Gasteiger partial charge in [0.2, 0.25) is 5.91 Å². The summed E-state index contributed by atoms with van der Waals surface area (Å²) in [6.07, 6.45) is -0.748. The molecule has 0 saturated heterocycles. The highest BCUT2D eigenvalue weighted by Gasteiger charge is 2.23. The number of alkyl carbamates (subject to hydrolysis) is 1. The zero-order chi connectivity index (χ0) is 18.3. The minimum absolute atomic E-state index is 0.0225. The van der Waals surface area contributed by atoms with Gasteiger partial charge in [0.1, 0.15) is 11.6 Å². The molecule has 0 unspecified atom stereocenters. The molecule has 3 N–H and O–H groups in total. The van der Waals surface area contributed by atoms with Crippen molar-refractivity contribution in [1.82, 2.24) is 5.32 Å². The summed E-state index contributed by atoms with van der Waals surface area (Å²) >= 11 is 0. The second-order valence-electron chi connectivity index (χ2n) is 5.69. The van der Waals surface area contributed by atoms with Gasteiger partial charge in [-0.2, -0.15) is 0 Å². The minimum atomic E-state index is -0.944. The Kier molecular flexibility index (Phi) is 7.36. The second-order valence-corrected chi connectivity index (χ2v) is 8.08. The lowest BCUT2D eigenvalue weighted by molar-refractivity contribution is -0.387. The van der Waals surface area contributed by atoms with E-state index >= 15 is 0 Å². The number of nitrogens with one attached hydrogen (secondary N) is 1. The molecule has 10 heteroatoms. The molecule has 2 amide bonds. The summed E-state index contributed by atoms with van der Waals surface area (Å²) < 4.78 is 5.07. The van der Waals surface area contributed by atoms with Crippen LogP contribution in [0.4, 0.5) is 10.5 Å². The zero-order valence-corrected chi connectivity index (χ0v) is 15.1. The smallest absolute Gasteiger partial charge is 0.408 e. The monoisotopic (exact) mass is 373 g/mol. The molecule has 132 valence electrons. The van der Waals surface area contributed by atoms with E-state index in [-0.39, 0.29) is 11.4 Å². The van der Waals surface area contributed by atoms with Crippen molar-refractivity contribution in [2.75, 3.05) is 5.75 Å². The molecule has 0 saturated carbocycles. The summed E-state index contributed by atoms with van der Waals surface area (Å²) in [5.74, 6) is -0.567. The van der Waals surface area contributed by atoms with Crippen molar-refractivity contribution in [3.8, 4) is 0 Å². The van der Waals surface area contributed by atoms with Crippen molar-refractivity contribution in [1.29, 1.82) is 0 Å². The number of primary amides is 1. The Hall–Kier alpha value is -1.94. The standard InChI is InChI=1S/C14H19N3O5S2/c1-14(2,3)22-13(19)16-9(12(15)18)8-23-24-11-7-5-4-6-10(11)17(20)21/h4-7,9H,8H2,1-3H3,(H2,15,18)(H,16,19)/t9-/m0/s1. The molecule has 0 aliphatic heterocycles. The Labute approximate surface area is 147 Å². The highest BCUT2D eigenvalue weighted by molar-refractivity contribution is 8.76. The predicted molar refractivity (Wildman–Crippen MR) is 93.8 cm³/mol. The van der Waals surface area contributed by atoms with Crippen LogP contribution in [-0.2, 0) is 9.53 Å². The lowest BCUT2D eigenvalue weighted by Gasteiger charge is -2.22. The number of para-hydroxylation sites is 1. The van der Waals surface area contributed by atoms with Gasteiger partial charge in [0, 0.05) is 11.8 Å². The number of hydrogen-bond donors (Lipinski definition) is 2. The average molecular weight is 373 g/mol. The van der Waals surface area contributed by atoms with Crippen molar-refractivity contribution in [3.05, 3.63) is 34.4 Å². The summed E-state index contributed by atoms with van der Waals surface area (Å²) in [5, 5.41) is 13.3. The highest BCUT2D eigenvalue weighted by atomic mass is 33.1. The van der Waals surface area contributed by atoms with Gasteiger partial charge in [0.05, 0.1) is 9.82 Å². The number of hydrogen-bond acceptors (Lipinski definition) is 7. The molecule has 0 aliphatic rings. The van der Waals surface area contributed by atoms with Gasteiger partial charge in [-0.25, -0.2) is 4.79 Å². The molecule has 0 spiro atoms. The van der Waals surface area contributed by atoms with E-state index in [2.05, 4.69) is 5.32 Å². The largest absolute Gasteiger partial charge is 0.444 e. The number of nitrogens with zero attached hydrogens (tertiary/aromatic N) is 1. The van der Waals surface area contributed by atoms with Crippen LogP contribution in [-0.4, -0.2) is 34.3 Å². The molecule has 0 aliphatic carbocycles. The molecule has 8 nitrogen and oxygen atoms in total. The maximum absolute atomic E-state index is 11.7. The van der Waals surface area contributed by atoms with Gasteiger partial charge < -0.3 is 15.8 Å². The van der Waals surface area contributed by atoms with Crippen molar-refractivity contribution >= 4 is 39.3 Å². The fraction of sp³-hybridized carbons (Fsp3) is 0.429. The van der Waals surface area contributed by atoms with Crippen molar-refractivity contribution in [2.24, 2.45) is 5.73 Å². The van der Waals surface area contributed by atoms with Gasteiger partial charge in [-0.15, -0.1) is 0 Å². The van der Waals surface area contributed by atoms with Crippen LogP contribution in [0.25, 0.3) is 0 Å². The first-order chi connectivity index (χ1) is 11.1. The van der Waals surface area contributed by atoms with Crippen LogP contribution in [0.5, 0.6) is 0 Å². The van der Waals surface area contributed by atoms with E-state index in [9.17, 15) is 19.7 Å². The number of amides is 2. The molecule has 1 atom stereocenters. The van der Waals surface area contributed by atoms with Gasteiger partial charge in [-0.3, -0.25) is 14.9 Å². The van der Waals surface area contributed by atoms with Crippen molar-refractivity contribution in [3.63, 3.8) is 0 Å². The van der Waals surface area contributed by atoms with Gasteiger partial charge in [-0.05, 0) is 26.8 Å². The third kappa shape index (κ3) is 7.09. The van der Waals surface area contributed by atoms with Gasteiger partial charge in [0.15, 0.2) is 0 Å². The third-order valence-electron chi connectivity index (χ3n) is 2.48. The SMILES string of the molecule is CC(C)(C)OC(=O)N[C@@H](CSSc1ccccc1[N+](=O)[O-])C(N)=O. The number of nitro groups is 1. The number of rotatable bonds is 7. The number of carbonyl (C=O) groups excluding carboxylic acids is 2. The molecular weight excluding hydrogens is 354 g/mol. The molecule has 0 fully saturated rings. The molecule has 1 aromatic rings. The van der Waals surface area contributed by atoms with E-state index in [0.717, 1.165) is 10.8 Å². The van der Waals surface area contributed by atoms with Crippen LogP contribution in [0.2, 0.25) is 0 Å². The quantitative estimate of drug-likeness (QED) is 0.427. The molecule has 0 radical (unpaired) electrons. The zero-order valence-electron chi connectivity index (χ0n) is 13.5. The van der Waals surface area contributed by atoms with Gasteiger partial charge in [0.25, 0.3) is 5.69 Å². The first kappa shape index (κ1) is 20.1. The lowest BCUT2D eigenvalue weighted by atomic mass is 10.2. The number of ether oxygens (including phenoxy) is 1. The van der Waals surface area contributed by atoms with E-state index in [1.54, 1.807) is 39.0 Å². The Bertz CT molecular complexity index is 619. The topological polar surface area (TPSA) is 125 Å². The van der Waals surface area contributed by atoms with Crippen LogP contribution < -0.4 is 11.1 Å². The number of benzene rings is 1. The number of carbonyl (C=O) groups is 2. The molecule has 1 aromatic carbocycles. The average Bonchev–Trinajstić information content (AvgIpc) is 2.44. The lowest BCUT2D eigenvalue weighted by Crippen LogP contribution is -2.47. The van der Waals surface area contributed by atoms with E-state index in [1.807, 2.05) is 0 Å². The normalized spacial score (nSPS) is 12.3. The summed E-state index contributed by atoms with van der Waals surface area (Å²) in [5.41, 5.74) is 4.55. The fourth-order valence-electron chi connectivity index (χ4n) is 1.49. The fourth-order valence-corrected chi connectivity index (χ4v) is 3.85. The van der Waals surface area contributed by atoms with Crippen LogP contribution in [0.15, 0.2) is 29.2 Å². The summed E-state index contributed by atoms with van der Waals surface area (Å²) in [6, 6.07) is 5.31. The van der Waals surface area contributed by atoms with Crippen LogP contribution in [0, 0.1) is 10.1 Å². The minimum Gasteiger partial charge on any atom is -0.444 e. The molecule has 0 aromatic heterocycles. The van der Waals surface area contributed by atoms with Crippen LogP contribution in [0.3, 0.4) is 0 Å². The molecule has 0 bridgehead atoms. The predicted octanol–water partition coefficient (Wildman–Crippen LogP) is 2.71. The Morgan fingerprint density at radius 2 is 2.00 bits per heavy atom. The third-order valence-corrected chi connectivity index (χ3v) is 4.89. The molecular formula is C14H19N3O5S2. The van der Waals surface area contributed by atoms with Gasteiger partial charge in [-0.1, -0.05) is 33.7 Å². The number of nitro benzene ring substituents is 1. The van der Waals surface area contributed by atoms with Crippen LogP contribution >= 0.6 is 21.6 Å². The highest BCUT2D eigenvalue weighted by Crippen LogP contribution is 2.37.